The molecule has 0 unspecified atom stereocenters. The van der Waals surface area contributed by atoms with Crippen molar-refractivity contribution in [1.29, 1.82) is 0 Å². The fraction of sp³-hybridized carbons (Fsp3) is 0.467. The summed E-state index contributed by atoms with van der Waals surface area (Å²) in [5.74, 6) is 0.0823. The molecule has 3 nitrogen and oxygen atoms in total. The van der Waals surface area contributed by atoms with Gasteiger partial charge in [0.25, 0.3) is 5.91 Å². The monoisotopic (exact) mass is 318 g/mol. The van der Waals surface area contributed by atoms with Crippen molar-refractivity contribution >= 4 is 27.5 Å². The van der Waals surface area contributed by atoms with E-state index in [0.29, 0.717) is 16.7 Å². The Balaban J connectivity index is 1.75. The highest BCUT2D eigenvalue weighted by molar-refractivity contribution is 9.10. The molecule has 1 aliphatic carbocycles. The van der Waals surface area contributed by atoms with E-state index in [1.54, 1.807) is 18.2 Å². The van der Waals surface area contributed by atoms with Crippen molar-refractivity contribution in [3.63, 3.8) is 0 Å². The van der Waals surface area contributed by atoms with Gasteiger partial charge in [-0.2, -0.15) is 0 Å². The lowest BCUT2D eigenvalue weighted by atomic mass is 9.93. The topological polar surface area (TPSA) is 24.7 Å². The minimum Gasteiger partial charge on any atom is -0.339 e. The molecule has 1 spiro atoms. The number of halogens is 1. The third-order valence-corrected chi connectivity index (χ3v) is 5.04. The van der Waals surface area contributed by atoms with Gasteiger partial charge in [0.15, 0.2) is 5.69 Å². The Bertz CT molecular complexity index is 562. The van der Waals surface area contributed by atoms with Crippen molar-refractivity contribution in [3.8, 4) is 0 Å². The maximum atomic E-state index is 12.5. The fourth-order valence-electron chi connectivity index (χ4n) is 2.78. The Labute approximate surface area is 121 Å². The largest absolute Gasteiger partial charge is 0.339 e. The summed E-state index contributed by atoms with van der Waals surface area (Å²) >= 11 is 3.40. The first-order valence-electron chi connectivity index (χ1n) is 6.60. The molecular weight excluding hydrogens is 304 g/mol. The molecule has 0 radical (unpaired) electrons. The molecule has 1 aromatic rings. The van der Waals surface area contributed by atoms with Crippen LogP contribution in [0.2, 0.25) is 0 Å². The zero-order valence-electron chi connectivity index (χ0n) is 10.7. The van der Waals surface area contributed by atoms with Crippen LogP contribution in [0.15, 0.2) is 22.7 Å². The van der Waals surface area contributed by atoms with Gasteiger partial charge in [0.05, 0.1) is 12.1 Å². The summed E-state index contributed by atoms with van der Waals surface area (Å²) in [4.78, 5) is 17.8. The van der Waals surface area contributed by atoms with Crippen molar-refractivity contribution in [3.05, 3.63) is 39.7 Å². The van der Waals surface area contributed by atoms with E-state index in [1.165, 1.54) is 12.8 Å². The number of rotatable bonds is 1. The van der Waals surface area contributed by atoms with Crippen LogP contribution in [0, 0.1) is 12.0 Å². The minimum absolute atomic E-state index is 0.0823. The number of hydrogen-bond acceptors (Lipinski definition) is 1. The predicted octanol–water partition coefficient (Wildman–Crippen LogP) is 4.02. The molecule has 4 heteroatoms. The normalized spacial score (nSPS) is 20.1. The molecular formula is C15H15BrN2O. The third-order valence-electron chi connectivity index (χ3n) is 4.38. The van der Waals surface area contributed by atoms with Crippen molar-refractivity contribution in [1.82, 2.24) is 4.90 Å². The molecule has 19 heavy (non-hydrogen) atoms. The van der Waals surface area contributed by atoms with Crippen LogP contribution in [0.25, 0.3) is 4.85 Å². The molecule has 0 N–H and O–H groups in total. The maximum absolute atomic E-state index is 12.5. The lowest BCUT2D eigenvalue weighted by Gasteiger charge is -2.32. The molecule has 2 aliphatic rings. The second-order valence-corrected chi connectivity index (χ2v) is 6.42. The van der Waals surface area contributed by atoms with Gasteiger partial charge in [0.1, 0.15) is 0 Å². The number of amides is 1. The molecule has 3 rings (SSSR count). The van der Waals surface area contributed by atoms with Crippen molar-refractivity contribution in [2.24, 2.45) is 5.41 Å². The van der Waals surface area contributed by atoms with Gasteiger partial charge in [-0.3, -0.25) is 4.79 Å². The van der Waals surface area contributed by atoms with Crippen LogP contribution in [-0.2, 0) is 0 Å². The van der Waals surface area contributed by atoms with Crippen LogP contribution in [0.4, 0.5) is 5.69 Å². The van der Waals surface area contributed by atoms with Crippen LogP contribution in [0.5, 0.6) is 0 Å². The lowest BCUT2D eigenvalue weighted by molar-refractivity contribution is 0.0677. The third kappa shape index (κ3) is 2.40. The number of piperidine rings is 1. The first kappa shape index (κ1) is 12.7. The Morgan fingerprint density at radius 3 is 2.47 bits per heavy atom. The van der Waals surface area contributed by atoms with Crippen molar-refractivity contribution in [2.75, 3.05) is 13.1 Å². The molecule has 0 bridgehead atoms. The SMILES string of the molecule is [C-]#[N+]c1ccc(C(=O)N2CCC3(CC2)CC3)c(Br)c1. The van der Waals surface area contributed by atoms with Crippen LogP contribution in [0.1, 0.15) is 36.0 Å². The number of carbonyl (C=O) groups is 1. The van der Waals surface area contributed by atoms with E-state index in [9.17, 15) is 4.79 Å². The smallest absolute Gasteiger partial charge is 0.254 e. The Hall–Kier alpha value is -1.34. The van der Waals surface area contributed by atoms with Gasteiger partial charge in [-0.15, -0.1) is 0 Å². The van der Waals surface area contributed by atoms with Gasteiger partial charge >= 0.3 is 0 Å². The van der Waals surface area contributed by atoms with Gasteiger partial charge in [-0.25, -0.2) is 4.85 Å². The number of nitrogens with zero attached hydrogens (tertiary/aromatic N) is 2. The number of hydrogen-bond donors (Lipinski definition) is 0. The Morgan fingerprint density at radius 2 is 1.95 bits per heavy atom. The highest BCUT2D eigenvalue weighted by Crippen LogP contribution is 2.53. The molecule has 0 atom stereocenters. The van der Waals surface area contributed by atoms with Crippen LogP contribution >= 0.6 is 15.9 Å². The molecule has 1 heterocycles. The van der Waals surface area contributed by atoms with Gasteiger partial charge in [0, 0.05) is 17.6 Å². The van der Waals surface area contributed by atoms with Crippen LogP contribution < -0.4 is 0 Å². The van der Waals surface area contributed by atoms with E-state index < -0.39 is 0 Å². The van der Waals surface area contributed by atoms with E-state index in [2.05, 4.69) is 20.8 Å². The molecule has 1 saturated carbocycles. The maximum Gasteiger partial charge on any atom is 0.254 e. The number of likely N-dealkylation sites (tertiary alicyclic amines) is 1. The Kier molecular flexibility index (Phi) is 3.10. The second kappa shape index (κ2) is 4.64. The van der Waals surface area contributed by atoms with E-state index in [0.717, 1.165) is 30.4 Å². The molecule has 1 aromatic carbocycles. The van der Waals surface area contributed by atoms with Crippen molar-refractivity contribution in [2.45, 2.75) is 25.7 Å². The molecule has 1 saturated heterocycles. The summed E-state index contributed by atoms with van der Waals surface area (Å²) in [7, 11) is 0. The average Bonchev–Trinajstić information content (AvgIpc) is 3.18. The van der Waals surface area contributed by atoms with E-state index >= 15 is 0 Å². The average molecular weight is 319 g/mol. The molecule has 1 aliphatic heterocycles. The van der Waals surface area contributed by atoms with Gasteiger partial charge in [-0.1, -0.05) is 28.1 Å². The van der Waals surface area contributed by atoms with Crippen LogP contribution in [-0.4, -0.2) is 23.9 Å². The molecule has 2 fully saturated rings. The van der Waals surface area contributed by atoms with Crippen molar-refractivity contribution < 1.29 is 4.79 Å². The fourth-order valence-corrected chi connectivity index (χ4v) is 3.31. The van der Waals surface area contributed by atoms with Gasteiger partial charge < -0.3 is 4.90 Å². The molecule has 1 amide bonds. The summed E-state index contributed by atoms with van der Waals surface area (Å²) in [5, 5.41) is 0. The summed E-state index contributed by atoms with van der Waals surface area (Å²) in [6, 6.07) is 5.17. The van der Waals surface area contributed by atoms with Gasteiger partial charge in [0.2, 0.25) is 0 Å². The van der Waals surface area contributed by atoms with E-state index in [4.69, 9.17) is 6.57 Å². The summed E-state index contributed by atoms with van der Waals surface area (Å²) in [6.45, 7) is 8.72. The molecule has 0 aromatic heterocycles. The van der Waals surface area contributed by atoms with Gasteiger partial charge in [-0.05, 0) is 37.2 Å². The Morgan fingerprint density at radius 1 is 1.26 bits per heavy atom. The highest BCUT2D eigenvalue weighted by atomic mass is 79.9. The summed E-state index contributed by atoms with van der Waals surface area (Å²) in [5.41, 5.74) is 1.81. The lowest BCUT2D eigenvalue weighted by Crippen LogP contribution is -2.39. The molecule has 98 valence electrons. The van der Waals surface area contributed by atoms with E-state index in [1.807, 2.05) is 4.90 Å². The predicted molar refractivity (Wildman–Crippen MR) is 77.2 cm³/mol. The summed E-state index contributed by atoms with van der Waals surface area (Å²) in [6.07, 6.45) is 4.99. The first-order valence-corrected chi connectivity index (χ1v) is 7.39. The number of carbonyl (C=O) groups excluding carboxylic acids is 1. The second-order valence-electron chi connectivity index (χ2n) is 5.57. The highest BCUT2D eigenvalue weighted by Gasteiger charge is 2.45. The minimum atomic E-state index is 0.0823. The van der Waals surface area contributed by atoms with E-state index in [-0.39, 0.29) is 5.91 Å². The zero-order valence-corrected chi connectivity index (χ0v) is 12.2. The first-order chi connectivity index (χ1) is 9.13. The number of benzene rings is 1. The summed E-state index contributed by atoms with van der Waals surface area (Å²) < 4.78 is 0.720. The standard InChI is InChI=1S/C15H15BrN2O/c1-17-11-2-3-12(13(16)10-11)14(19)18-8-6-15(4-5-15)7-9-18/h2-3,10H,4-9H2. The van der Waals surface area contributed by atoms with Crippen LogP contribution in [0.3, 0.4) is 0 Å². The quantitative estimate of drug-likeness (QED) is 0.718. The zero-order chi connectivity index (χ0) is 13.5.